The van der Waals surface area contributed by atoms with E-state index in [1.807, 2.05) is 125 Å². The van der Waals surface area contributed by atoms with Gasteiger partial charge in [-0.05, 0) is 103 Å². The normalized spacial score (nSPS) is 13.6. The van der Waals surface area contributed by atoms with E-state index < -0.39 is 36.3 Å². The number of hydrogen-bond acceptors (Lipinski definition) is 3. The Bertz CT molecular complexity index is 4770. The fraction of sp³-hybridized carbons (Fsp3) is 0.0625. The fourth-order valence-corrected chi connectivity index (χ4v) is 10.1. The zero-order valence-corrected chi connectivity index (χ0v) is 40.6. The van der Waals surface area contributed by atoms with Crippen LogP contribution in [-0.2, 0) is 26.5 Å². The smallest absolute Gasteiger partial charge is 0.268 e. The van der Waals surface area contributed by atoms with Crippen LogP contribution < -0.4 is 9.30 Å². The molecular weight excluding hydrogens is 1050 g/mol. The third-order valence-electron chi connectivity index (χ3n) is 13.4. The van der Waals surface area contributed by atoms with Gasteiger partial charge in [0.25, 0.3) is 6.33 Å². The zero-order valence-electron chi connectivity index (χ0n) is 46.4. The van der Waals surface area contributed by atoms with E-state index in [0.717, 1.165) is 55.1 Å². The zero-order chi connectivity index (χ0) is 53.6. The van der Waals surface area contributed by atoms with Crippen molar-refractivity contribution in [3.63, 3.8) is 0 Å². The summed E-state index contributed by atoms with van der Waals surface area (Å²) in [5.74, 6) is 1.59. The standard InChI is InChI=1S/C64H42N4O2.Pt/c1-64(2,3)41-33-34-65-61(36-41)68-56-26-10-8-21-50(56)51-31-30-44(38-58(51)68)69-43-16-12-15-42(37-43)66-39-67-62-45(40-29-32-60-55(35-40)52-22-9-11-28-59(52)70-60)23-13-24-53(62)48-19-6-4-17-46(48)47-18-5-7-20-49(47)54-25-14-27-57(66)63(54)67;/h4-36H,1-3H3;/q-2;/i4D,5D,6D,7D,17D,18D,19D,20D;. The van der Waals surface area contributed by atoms with Crippen molar-refractivity contribution in [3.8, 4) is 73.2 Å². The summed E-state index contributed by atoms with van der Waals surface area (Å²) in [6, 6.07) is 50.0. The van der Waals surface area contributed by atoms with E-state index in [0.29, 0.717) is 56.2 Å². The summed E-state index contributed by atoms with van der Waals surface area (Å²) in [4.78, 5) is 4.84. The minimum atomic E-state index is -0.536. The summed E-state index contributed by atoms with van der Waals surface area (Å²) in [7, 11) is 0. The van der Waals surface area contributed by atoms with Crippen LogP contribution in [0.15, 0.2) is 205 Å². The molecule has 71 heavy (non-hydrogen) atoms. The van der Waals surface area contributed by atoms with Crippen LogP contribution in [0.5, 0.6) is 11.5 Å². The average Bonchev–Trinajstić information content (AvgIpc) is 3.77. The maximum absolute atomic E-state index is 9.67. The first-order valence-corrected chi connectivity index (χ1v) is 23.0. The van der Waals surface area contributed by atoms with Crippen LogP contribution in [0.2, 0.25) is 0 Å². The molecule has 0 unspecified atom stereocenters. The summed E-state index contributed by atoms with van der Waals surface area (Å²) < 4.78 is 93.2. The van der Waals surface area contributed by atoms with Gasteiger partial charge in [0, 0.05) is 55.1 Å². The van der Waals surface area contributed by atoms with E-state index in [-0.39, 0.29) is 60.8 Å². The van der Waals surface area contributed by atoms with Crippen molar-refractivity contribution >= 4 is 54.8 Å². The van der Waals surface area contributed by atoms with Crippen LogP contribution in [-0.4, -0.2) is 14.1 Å². The second kappa shape index (κ2) is 16.4. The Kier molecular flexibility index (Phi) is 8.06. The second-order valence-electron chi connectivity index (χ2n) is 18.5. The number of para-hydroxylation sites is 4. The topological polar surface area (TPSA) is 49.0 Å². The first kappa shape index (κ1) is 34.9. The summed E-state index contributed by atoms with van der Waals surface area (Å²) in [6.45, 7) is 6.54. The molecule has 0 bridgehead atoms. The van der Waals surface area contributed by atoms with E-state index in [1.165, 1.54) is 0 Å². The molecule has 0 spiro atoms. The number of rotatable bonds is 5. The molecule has 0 radical (unpaired) electrons. The maximum Gasteiger partial charge on any atom is 0.268 e. The SMILES string of the molecule is [2H]c1c([2H])c([2H])c2c(c1[2H])-c1cccc(-c3ccc4oc5ccccc5c4c3)c1-[n+]1[c-]n(-c3[c-]c(Oc4[c-]c5c(cc4)c4ccccc4n5-c4cc(C(C)(C)C)ccn4)ccc3)c3cccc(c31)-c1c([2H])c([2H])c([2H])c([2H])c1-2.[Pt]. The molecule has 342 valence electrons. The van der Waals surface area contributed by atoms with Crippen LogP contribution in [0.25, 0.3) is 116 Å². The van der Waals surface area contributed by atoms with E-state index in [9.17, 15) is 5.48 Å². The Morgan fingerprint density at radius 3 is 2.06 bits per heavy atom. The average molecular weight is 1100 g/mol. The Hall–Kier alpha value is -8.31. The monoisotopic (exact) mass is 1100 g/mol. The molecule has 0 amide bonds. The van der Waals surface area contributed by atoms with Gasteiger partial charge < -0.3 is 18.3 Å². The molecule has 7 heteroatoms. The number of aromatic nitrogens is 4. The number of furan rings is 1. The number of nitrogens with zero attached hydrogens (tertiary/aromatic N) is 4. The van der Waals surface area contributed by atoms with Gasteiger partial charge in [0.05, 0.1) is 27.7 Å². The molecule has 5 heterocycles. The van der Waals surface area contributed by atoms with Crippen LogP contribution in [0.3, 0.4) is 0 Å². The number of pyridine rings is 1. The largest absolute Gasteiger partial charge is 0.510 e. The third-order valence-corrected chi connectivity index (χ3v) is 13.4. The van der Waals surface area contributed by atoms with Crippen LogP contribution in [0.4, 0.5) is 0 Å². The van der Waals surface area contributed by atoms with Gasteiger partial charge in [-0.2, -0.15) is 18.2 Å². The maximum atomic E-state index is 9.67. The van der Waals surface area contributed by atoms with Gasteiger partial charge in [0.15, 0.2) is 0 Å². The van der Waals surface area contributed by atoms with Crippen LogP contribution in [0, 0.1) is 18.5 Å². The third kappa shape index (κ3) is 6.81. The molecule has 6 nitrogen and oxygen atoms in total. The fourth-order valence-electron chi connectivity index (χ4n) is 10.1. The van der Waals surface area contributed by atoms with Crippen molar-refractivity contribution in [2.75, 3.05) is 0 Å². The van der Waals surface area contributed by atoms with Gasteiger partial charge in [-0.3, -0.25) is 4.57 Å². The predicted molar refractivity (Wildman–Crippen MR) is 281 cm³/mol. The van der Waals surface area contributed by atoms with Gasteiger partial charge in [-0.1, -0.05) is 153 Å². The molecule has 14 rings (SSSR count). The first-order chi connectivity index (χ1) is 37.7. The molecule has 13 aromatic rings. The molecule has 1 aliphatic rings. The van der Waals surface area contributed by atoms with Crippen LogP contribution in [0.1, 0.15) is 37.3 Å². The molecule has 0 atom stereocenters. The van der Waals surface area contributed by atoms with E-state index >= 15 is 0 Å². The molecular formula is C64H42N4O2Pt-2. The Morgan fingerprint density at radius 1 is 0.577 bits per heavy atom. The molecule has 0 N–H and O–H groups in total. The molecule has 0 fully saturated rings. The van der Waals surface area contributed by atoms with Crippen molar-refractivity contribution in [2.24, 2.45) is 0 Å². The van der Waals surface area contributed by atoms with E-state index in [2.05, 4.69) is 62.0 Å². The minimum absolute atomic E-state index is 0. The van der Waals surface area contributed by atoms with Gasteiger partial charge in [0.2, 0.25) is 0 Å². The Morgan fingerprint density at radius 2 is 1.24 bits per heavy atom. The molecule has 0 aliphatic carbocycles. The summed E-state index contributed by atoms with van der Waals surface area (Å²) in [5.41, 5.74) is 8.56. The quantitative estimate of drug-likeness (QED) is 0.127. The number of ether oxygens (including phenoxy) is 1. The summed E-state index contributed by atoms with van der Waals surface area (Å²) >= 11 is 0. The Balaban J connectivity index is 0.00000591. The van der Waals surface area contributed by atoms with Crippen molar-refractivity contribution < 1.29 is 45.8 Å². The molecule has 0 saturated carbocycles. The summed E-state index contributed by atoms with van der Waals surface area (Å²) in [6.07, 6.45) is 5.49. The number of fused-ring (bicyclic) bond motifs is 13. The minimum Gasteiger partial charge on any atom is -0.510 e. The van der Waals surface area contributed by atoms with Gasteiger partial charge >= 0.3 is 0 Å². The predicted octanol–water partition coefficient (Wildman–Crippen LogP) is 15.8. The van der Waals surface area contributed by atoms with E-state index in [4.69, 9.17) is 19.6 Å². The molecule has 4 aromatic heterocycles. The van der Waals surface area contributed by atoms with Crippen molar-refractivity contribution in [1.29, 1.82) is 0 Å². The van der Waals surface area contributed by atoms with Gasteiger partial charge in [-0.15, -0.1) is 29.7 Å². The Labute approximate surface area is 436 Å². The molecule has 0 saturated heterocycles. The summed E-state index contributed by atoms with van der Waals surface area (Å²) in [5, 5.41) is 3.83. The van der Waals surface area contributed by atoms with Crippen molar-refractivity contribution in [2.45, 2.75) is 26.2 Å². The van der Waals surface area contributed by atoms with Gasteiger partial charge in [0.1, 0.15) is 17.0 Å². The van der Waals surface area contributed by atoms with E-state index in [1.54, 1.807) is 18.2 Å². The second-order valence-corrected chi connectivity index (χ2v) is 18.5. The number of imidazole rings is 1. The van der Waals surface area contributed by atoms with Crippen molar-refractivity contribution in [1.82, 2.24) is 14.1 Å². The van der Waals surface area contributed by atoms with Crippen molar-refractivity contribution in [3.05, 3.63) is 224 Å². The molecule has 1 aliphatic heterocycles. The number of hydrogen-bond donors (Lipinski definition) is 0. The first-order valence-electron chi connectivity index (χ1n) is 27.0. The molecule has 9 aromatic carbocycles. The van der Waals surface area contributed by atoms with Gasteiger partial charge in [-0.25, -0.2) is 4.98 Å². The van der Waals surface area contributed by atoms with Crippen LogP contribution >= 0.6 is 0 Å². The number of benzene rings is 9.